The van der Waals surface area contributed by atoms with Gasteiger partial charge in [-0.25, -0.2) is 0 Å². The minimum Gasteiger partial charge on any atom is -0.0654 e. The second kappa shape index (κ2) is 9.97. The average molecular weight is 240 g/mol. The van der Waals surface area contributed by atoms with E-state index in [1.165, 1.54) is 64.2 Å². The molecule has 0 aromatic heterocycles. The molecule has 1 unspecified atom stereocenters. The fraction of sp³-hybridized carbons (Fsp3) is 1.00. The van der Waals surface area contributed by atoms with Crippen LogP contribution in [0.15, 0.2) is 0 Å². The van der Waals surface area contributed by atoms with E-state index < -0.39 is 0 Å². The molecule has 0 fully saturated rings. The largest absolute Gasteiger partial charge is 0.0654 e. The van der Waals surface area contributed by atoms with Gasteiger partial charge in [0.1, 0.15) is 0 Å². The van der Waals surface area contributed by atoms with E-state index in [1.54, 1.807) is 0 Å². The van der Waals surface area contributed by atoms with E-state index in [0.717, 1.165) is 5.92 Å². The fourth-order valence-electron chi connectivity index (χ4n) is 2.46. The molecule has 0 heterocycles. The number of unbranched alkanes of at least 4 members (excludes halogenated alkanes) is 4. The van der Waals surface area contributed by atoms with Crippen LogP contribution >= 0.6 is 0 Å². The Kier molecular flexibility index (Phi) is 9.97. The lowest BCUT2D eigenvalue weighted by Crippen LogP contribution is -2.11. The third-order valence-electron chi connectivity index (χ3n) is 4.20. The molecule has 0 rings (SSSR count). The van der Waals surface area contributed by atoms with E-state index in [0.29, 0.717) is 5.41 Å². The Balaban J connectivity index is 3.45. The summed E-state index contributed by atoms with van der Waals surface area (Å²) in [6.45, 7) is 11.9. The van der Waals surface area contributed by atoms with E-state index in [2.05, 4.69) is 34.6 Å². The summed E-state index contributed by atoms with van der Waals surface area (Å²) in [7, 11) is 0. The Bertz CT molecular complexity index is 157. The molecular weight excluding hydrogens is 204 g/mol. The minimum atomic E-state index is 0.589. The third-order valence-corrected chi connectivity index (χ3v) is 4.20. The molecule has 0 saturated heterocycles. The highest BCUT2D eigenvalue weighted by Crippen LogP contribution is 2.30. The van der Waals surface area contributed by atoms with Crippen molar-refractivity contribution in [3.63, 3.8) is 0 Å². The number of rotatable bonds is 11. The van der Waals surface area contributed by atoms with Crippen molar-refractivity contribution in [2.45, 2.75) is 98.8 Å². The zero-order valence-corrected chi connectivity index (χ0v) is 13.1. The quantitative estimate of drug-likeness (QED) is 0.357. The van der Waals surface area contributed by atoms with Crippen LogP contribution in [0.2, 0.25) is 0 Å². The molecular formula is C17H36. The summed E-state index contributed by atoms with van der Waals surface area (Å²) in [5.41, 5.74) is 0.589. The van der Waals surface area contributed by atoms with Crippen molar-refractivity contribution < 1.29 is 0 Å². The predicted molar refractivity (Wildman–Crippen MR) is 80.5 cm³/mol. The van der Waals surface area contributed by atoms with Gasteiger partial charge >= 0.3 is 0 Å². The summed E-state index contributed by atoms with van der Waals surface area (Å²) in [6, 6.07) is 0. The predicted octanol–water partition coefficient (Wildman–Crippen LogP) is 6.59. The van der Waals surface area contributed by atoms with Crippen molar-refractivity contribution in [3.05, 3.63) is 0 Å². The molecule has 0 aliphatic heterocycles. The molecule has 0 aromatic rings. The zero-order chi connectivity index (χ0) is 13.1. The van der Waals surface area contributed by atoms with E-state index in [4.69, 9.17) is 0 Å². The van der Waals surface area contributed by atoms with Gasteiger partial charge in [-0.05, 0) is 24.2 Å². The standard InChI is InChI=1S/C17H36/c1-6-8-11-14-17(4,5)15-12-9-10-13-16(3)7-2/h16H,6-15H2,1-5H3. The maximum atomic E-state index is 2.46. The van der Waals surface area contributed by atoms with Crippen LogP contribution in [0.3, 0.4) is 0 Å². The summed E-state index contributed by atoms with van der Waals surface area (Å²) in [5, 5.41) is 0. The Morgan fingerprint density at radius 3 is 1.94 bits per heavy atom. The molecule has 0 heteroatoms. The van der Waals surface area contributed by atoms with Crippen LogP contribution < -0.4 is 0 Å². The van der Waals surface area contributed by atoms with Gasteiger partial charge in [-0.15, -0.1) is 0 Å². The first-order chi connectivity index (χ1) is 8.02. The summed E-state index contributed by atoms with van der Waals surface area (Å²) in [5.74, 6) is 0.938. The summed E-state index contributed by atoms with van der Waals surface area (Å²) >= 11 is 0. The normalized spacial score (nSPS) is 13.9. The maximum absolute atomic E-state index is 2.46. The van der Waals surface area contributed by atoms with Gasteiger partial charge in [0.05, 0.1) is 0 Å². The van der Waals surface area contributed by atoms with Crippen molar-refractivity contribution in [1.29, 1.82) is 0 Å². The Morgan fingerprint density at radius 1 is 0.824 bits per heavy atom. The lowest BCUT2D eigenvalue weighted by Gasteiger charge is -2.24. The van der Waals surface area contributed by atoms with Crippen molar-refractivity contribution >= 4 is 0 Å². The number of hydrogen-bond acceptors (Lipinski definition) is 0. The fourth-order valence-corrected chi connectivity index (χ4v) is 2.46. The smallest absolute Gasteiger partial charge is 0.0354 e. The lowest BCUT2D eigenvalue weighted by molar-refractivity contribution is 0.282. The second-order valence-electron chi connectivity index (χ2n) is 6.73. The Morgan fingerprint density at radius 2 is 1.41 bits per heavy atom. The second-order valence-corrected chi connectivity index (χ2v) is 6.73. The molecule has 0 nitrogen and oxygen atoms in total. The van der Waals surface area contributed by atoms with Gasteiger partial charge in [-0.2, -0.15) is 0 Å². The SMILES string of the molecule is CCCCCC(C)(C)CCCCCC(C)CC. The van der Waals surface area contributed by atoms with Crippen LogP contribution in [0.5, 0.6) is 0 Å². The van der Waals surface area contributed by atoms with Crippen LogP contribution in [-0.4, -0.2) is 0 Å². The Hall–Kier alpha value is 0. The van der Waals surface area contributed by atoms with Crippen molar-refractivity contribution in [1.82, 2.24) is 0 Å². The van der Waals surface area contributed by atoms with Crippen LogP contribution in [0, 0.1) is 11.3 Å². The minimum absolute atomic E-state index is 0.589. The van der Waals surface area contributed by atoms with Gasteiger partial charge in [0, 0.05) is 0 Å². The van der Waals surface area contributed by atoms with Crippen LogP contribution in [-0.2, 0) is 0 Å². The molecule has 0 radical (unpaired) electrons. The molecule has 0 aliphatic carbocycles. The van der Waals surface area contributed by atoms with Crippen LogP contribution in [0.1, 0.15) is 98.8 Å². The molecule has 0 spiro atoms. The average Bonchev–Trinajstić information content (AvgIpc) is 2.28. The number of hydrogen-bond donors (Lipinski definition) is 0. The van der Waals surface area contributed by atoms with Crippen molar-refractivity contribution in [3.8, 4) is 0 Å². The van der Waals surface area contributed by atoms with E-state index in [-0.39, 0.29) is 0 Å². The van der Waals surface area contributed by atoms with Crippen LogP contribution in [0.4, 0.5) is 0 Å². The molecule has 0 N–H and O–H groups in total. The maximum Gasteiger partial charge on any atom is -0.0354 e. The van der Waals surface area contributed by atoms with Gasteiger partial charge in [0.15, 0.2) is 0 Å². The molecule has 0 saturated carbocycles. The summed E-state index contributed by atoms with van der Waals surface area (Å²) in [4.78, 5) is 0. The zero-order valence-electron chi connectivity index (χ0n) is 13.1. The van der Waals surface area contributed by atoms with Crippen LogP contribution in [0.25, 0.3) is 0 Å². The highest BCUT2D eigenvalue weighted by molar-refractivity contribution is 4.68. The first kappa shape index (κ1) is 17.0. The summed E-state index contributed by atoms with van der Waals surface area (Å²) in [6.07, 6.45) is 14.2. The van der Waals surface area contributed by atoms with Gasteiger partial charge in [-0.3, -0.25) is 0 Å². The first-order valence-corrected chi connectivity index (χ1v) is 8.02. The lowest BCUT2D eigenvalue weighted by atomic mass is 9.82. The highest BCUT2D eigenvalue weighted by atomic mass is 14.2. The van der Waals surface area contributed by atoms with E-state index >= 15 is 0 Å². The third kappa shape index (κ3) is 10.9. The molecule has 0 aliphatic rings. The van der Waals surface area contributed by atoms with E-state index in [1.807, 2.05) is 0 Å². The molecule has 17 heavy (non-hydrogen) atoms. The molecule has 0 aromatic carbocycles. The van der Waals surface area contributed by atoms with Gasteiger partial charge < -0.3 is 0 Å². The Labute approximate surface area is 111 Å². The topological polar surface area (TPSA) is 0 Å². The molecule has 104 valence electrons. The van der Waals surface area contributed by atoms with Crippen molar-refractivity contribution in [2.75, 3.05) is 0 Å². The molecule has 1 atom stereocenters. The highest BCUT2D eigenvalue weighted by Gasteiger charge is 2.16. The van der Waals surface area contributed by atoms with Crippen molar-refractivity contribution in [2.24, 2.45) is 11.3 Å². The molecule has 0 bridgehead atoms. The summed E-state index contributed by atoms with van der Waals surface area (Å²) < 4.78 is 0. The van der Waals surface area contributed by atoms with E-state index in [9.17, 15) is 0 Å². The first-order valence-electron chi connectivity index (χ1n) is 8.02. The molecule has 0 amide bonds. The van der Waals surface area contributed by atoms with Gasteiger partial charge in [0.25, 0.3) is 0 Å². The van der Waals surface area contributed by atoms with Gasteiger partial charge in [-0.1, -0.05) is 86.0 Å². The monoisotopic (exact) mass is 240 g/mol. The van der Waals surface area contributed by atoms with Gasteiger partial charge in [0.2, 0.25) is 0 Å².